The van der Waals surface area contributed by atoms with Gasteiger partial charge in [-0.25, -0.2) is 18.4 Å². The van der Waals surface area contributed by atoms with Crippen molar-refractivity contribution in [3.8, 4) is 0 Å². The number of fused-ring (bicyclic) bond motifs is 1. The molecule has 0 saturated carbocycles. The smallest absolute Gasteiger partial charge is 0.137 e. The highest BCUT2D eigenvalue weighted by Gasteiger charge is 2.47. The predicted octanol–water partition coefficient (Wildman–Crippen LogP) is 4.76. The minimum atomic E-state index is -1.78. The molecule has 10 heteroatoms. The Hall–Kier alpha value is -3.43. The Balaban J connectivity index is 1.42. The van der Waals surface area contributed by atoms with Crippen molar-refractivity contribution in [1.29, 1.82) is 0 Å². The van der Waals surface area contributed by atoms with Crippen molar-refractivity contribution in [2.45, 2.75) is 51.0 Å². The number of allylic oxidation sites excluding steroid dienone is 1. The van der Waals surface area contributed by atoms with Crippen molar-refractivity contribution >= 4 is 23.0 Å². The van der Waals surface area contributed by atoms with E-state index in [2.05, 4.69) is 10.1 Å². The average molecular weight is 525 g/mol. The van der Waals surface area contributed by atoms with E-state index in [0.29, 0.717) is 18.0 Å². The van der Waals surface area contributed by atoms with Crippen LogP contribution in [0.4, 0.5) is 8.78 Å². The molecule has 2 aromatic carbocycles. The molecule has 0 amide bonds. The lowest BCUT2D eigenvalue weighted by Gasteiger charge is -2.42. The second-order valence-corrected chi connectivity index (χ2v) is 9.97. The number of nitrogens with zero attached hydrogens (tertiary/aromatic N) is 6. The van der Waals surface area contributed by atoms with Gasteiger partial charge in [-0.3, -0.25) is 10.0 Å². The molecule has 2 unspecified atom stereocenters. The minimum absolute atomic E-state index is 0.0294. The van der Waals surface area contributed by atoms with Gasteiger partial charge in [-0.05, 0) is 50.1 Å². The van der Waals surface area contributed by atoms with Gasteiger partial charge in [0.1, 0.15) is 29.9 Å². The molecule has 0 bridgehead atoms. The Morgan fingerprint density at radius 2 is 2.00 bits per heavy atom. The first-order chi connectivity index (χ1) is 17.7. The number of benzene rings is 2. The molecule has 37 heavy (non-hydrogen) atoms. The van der Waals surface area contributed by atoms with Crippen LogP contribution < -0.4 is 0 Å². The molecule has 7 nitrogen and oxygen atoms in total. The zero-order chi connectivity index (χ0) is 26.2. The molecule has 192 valence electrons. The number of hydrogen-bond acceptors (Lipinski definition) is 6. The van der Waals surface area contributed by atoms with Gasteiger partial charge < -0.3 is 5.11 Å². The number of hydrazone groups is 1. The van der Waals surface area contributed by atoms with Crippen molar-refractivity contribution in [3.63, 3.8) is 0 Å². The summed E-state index contributed by atoms with van der Waals surface area (Å²) in [5.74, 6) is -1.49. The van der Waals surface area contributed by atoms with Gasteiger partial charge in [0.2, 0.25) is 0 Å². The van der Waals surface area contributed by atoms with Gasteiger partial charge in [-0.15, -0.1) is 0 Å². The molecule has 5 rings (SSSR count). The van der Waals surface area contributed by atoms with Crippen molar-refractivity contribution < 1.29 is 13.9 Å². The van der Waals surface area contributed by atoms with Gasteiger partial charge in [0, 0.05) is 34.0 Å². The Bertz CT molecular complexity index is 1360. The van der Waals surface area contributed by atoms with E-state index in [4.69, 9.17) is 21.7 Å². The third-order valence-electron chi connectivity index (χ3n) is 7.18. The summed E-state index contributed by atoms with van der Waals surface area (Å²) < 4.78 is 30.1. The van der Waals surface area contributed by atoms with Crippen LogP contribution in [0.25, 0.3) is 0 Å². The molecule has 3 aromatic rings. The fraction of sp³-hybridized carbons (Fsp3) is 0.333. The number of rotatable bonds is 7. The van der Waals surface area contributed by atoms with Crippen molar-refractivity contribution in [1.82, 2.24) is 19.8 Å². The Morgan fingerprint density at radius 3 is 2.70 bits per heavy atom. The van der Waals surface area contributed by atoms with E-state index in [1.807, 2.05) is 48.4 Å². The number of aliphatic hydroxyl groups is 1. The molecule has 1 aliphatic carbocycles. The first-order valence-corrected chi connectivity index (χ1v) is 12.4. The van der Waals surface area contributed by atoms with Gasteiger partial charge >= 0.3 is 0 Å². The summed E-state index contributed by atoms with van der Waals surface area (Å²) in [6.07, 6.45) is 7.50. The van der Waals surface area contributed by atoms with E-state index in [1.165, 1.54) is 23.4 Å². The van der Waals surface area contributed by atoms with Crippen molar-refractivity contribution in [3.05, 3.63) is 95.1 Å². The van der Waals surface area contributed by atoms with E-state index >= 15 is 0 Å². The zero-order valence-corrected chi connectivity index (χ0v) is 21.2. The van der Waals surface area contributed by atoms with Crippen LogP contribution >= 0.6 is 11.6 Å². The zero-order valence-electron chi connectivity index (χ0n) is 20.5. The molecule has 0 spiro atoms. The molecular weight excluding hydrogens is 498 g/mol. The maximum atomic E-state index is 15.0. The lowest BCUT2D eigenvalue weighted by Crippen LogP contribution is -2.53. The summed E-state index contributed by atoms with van der Waals surface area (Å²) in [5, 5.41) is 23.4. The molecule has 0 saturated heterocycles. The highest BCUT2D eigenvalue weighted by molar-refractivity contribution is 6.30. The molecule has 2 aliphatic rings. The van der Waals surface area contributed by atoms with Crippen LogP contribution in [-0.4, -0.2) is 48.4 Å². The van der Waals surface area contributed by atoms with Crippen LogP contribution in [0.3, 0.4) is 0 Å². The molecular formula is C27H27ClF2N6O. The summed E-state index contributed by atoms with van der Waals surface area (Å²) in [6, 6.07) is 9.98. The average Bonchev–Trinajstić information content (AvgIpc) is 3.50. The summed E-state index contributed by atoms with van der Waals surface area (Å²) in [5.41, 5.74) is 1.13. The highest BCUT2D eigenvalue weighted by Crippen LogP contribution is 2.39. The van der Waals surface area contributed by atoms with Gasteiger partial charge in [0.25, 0.3) is 0 Å². The number of aromatic nitrogens is 3. The standard InChI is InChI=1S/C27H27ClF2N6O/c1-17-23-12-22(32-13-19-3-5-20(28)6-4-19)8-10-26(23)36(34-17)18(2)27(37,14-35-16-31-15-33-35)24-9-7-21(29)11-25(24)30/h3-11,15-16,18,23,26,37H,12-14H2,1-2H3/t18-,23?,26?,27-/m1/s1. The summed E-state index contributed by atoms with van der Waals surface area (Å²) in [7, 11) is 0. The van der Waals surface area contributed by atoms with E-state index < -0.39 is 23.3 Å². The quantitative estimate of drug-likeness (QED) is 0.483. The molecule has 1 N–H and O–H groups in total. The van der Waals surface area contributed by atoms with Crippen LogP contribution in [0.1, 0.15) is 31.4 Å². The lowest BCUT2D eigenvalue weighted by molar-refractivity contribution is -0.0694. The summed E-state index contributed by atoms with van der Waals surface area (Å²) in [4.78, 5) is 8.71. The SMILES string of the molecule is CC1=NN([C@H](C)[C@](O)(Cn2cncn2)c2ccc(F)cc2F)C2C=CC(=NCc3ccc(Cl)cc3)CC12. The maximum Gasteiger partial charge on any atom is 0.137 e. The van der Waals surface area contributed by atoms with Crippen LogP contribution in [-0.2, 0) is 18.7 Å². The molecule has 0 fully saturated rings. The van der Waals surface area contributed by atoms with Gasteiger partial charge in [-0.2, -0.15) is 10.2 Å². The molecule has 4 atom stereocenters. The van der Waals surface area contributed by atoms with Crippen LogP contribution in [0.2, 0.25) is 5.02 Å². The third-order valence-corrected chi connectivity index (χ3v) is 7.43. The van der Waals surface area contributed by atoms with E-state index in [9.17, 15) is 13.9 Å². The Labute approximate surface area is 218 Å². The van der Waals surface area contributed by atoms with Crippen molar-refractivity contribution in [2.75, 3.05) is 0 Å². The van der Waals surface area contributed by atoms with Crippen molar-refractivity contribution in [2.24, 2.45) is 16.0 Å². The van der Waals surface area contributed by atoms with Crippen LogP contribution in [0, 0.1) is 17.6 Å². The fourth-order valence-electron chi connectivity index (χ4n) is 5.06. The fourth-order valence-corrected chi connectivity index (χ4v) is 5.18. The minimum Gasteiger partial charge on any atom is -0.381 e. The van der Waals surface area contributed by atoms with Crippen LogP contribution in [0.5, 0.6) is 0 Å². The van der Waals surface area contributed by atoms with E-state index in [-0.39, 0.29) is 24.1 Å². The van der Waals surface area contributed by atoms with Gasteiger partial charge in [0.15, 0.2) is 0 Å². The molecule has 1 aromatic heterocycles. The summed E-state index contributed by atoms with van der Waals surface area (Å²) in [6.45, 7) is 4.20. The van der Waals surface area contributed by atoms with E-state index in [0.717, 1.165) is 29.1 Å². The molecule has 0 radical (unpaired) electrons. The lowest BCUT2D eigenvalue weighted by atomic mass is 9.82. The topological polar surface area (TPSA) is 78.9 Å². The highest BCUT2D eigenvalue weighted by atomic mass is 35.5. The maximum absolute atomic E-state index is 15.0. The number of aliphatic imine (C=N–C) groups is 1. The second kappa shape index (κ2) is 10.1. The number of hydrogen-bond donors (Lipinski definition) is 1. The first kappa shape index (κ1) is 25.2. The van der Waals surface area contributed by atoms with E-state index in [1.54, 1.807) is 6.92 Å². The van der Waals surface area contributed by atoms with Gasteiger partial charge in [0.05, 0.1) is 25.2 Å². The normalized spacial score (nSPS) is 22.6. The third kappa shape index (κ3) is 5.06. The summed E-state index contributed by atoms with van der Waals surface area (Å²) >= 11 is 5.97. The Morgan fingerprint density at radius 1 is 1.22 bits per heavy atom. The number of halogens is 3. The molecule has 1 aliphatic heterocycles. The monoisotopic (exact) mass is 524 g/mol. The largest absolute Gasteiger partial charge is 0.381 e. The predicted molar refractivity (Wildman–Crippen MR) is 138 cm³/mol. The molecule has 2 heterocycles. The first-order valence-electron chi connectivity index (χ1n) is 12.0. The van der Waals surface area contributed by atoms with Crippen LogP contribution in [0.15, 0.2) is 77.4 Å². The second-order valence-electron chi connectivity index (χ2n) is 9.53. The Kier molecular flexibility index (Phi) is 6.92. The van der Waals surface area contributed by atoms with Gasteiger partial charge in [-0.1, -0.05) is 35.9 Å².